The molecular formula is C24H22FN5O4. The van der Waals surface area contributed by atoms with Gasteiger partial charge in [-0.2, -0.15) is 0 Å². The molecule has 0 saturated carbocycles. The van der Waals surface area contributed by atoms with E-state index >= 15 is 0 Å². The molecule has 1 amide bonds. The zero-order valence-electron chi connectivity index (χ0n) is 18.7. The summed E-state index contributed by atoms with van der Waals surface area (Å²) in [6.07, 6.45) is 4.70. The smallest absolute Gasteiger partial charge is 0.315 e. The fourth-order valence-corrected chi connectivity index (χ4v) is 3.53. The Kier molecular flexibility index (Phi) is 6.13. The number of H-pyrrole nitrogens is 1. The van der Waals surface area contributed by atoms with Crippen LogP contribution in [0.1, 0.15) is 34.6 Å². The summed E-state index contributed by atoms with van der Waals surface area (Å²) >= 11 is 0. The van der Waals surface area contributed by atoms with E-state index in [0.29, 0.717) is 17.0 Å². The summed E-state index contributed by atoms with van der Waals surface area (Å²) in [4.78, 5) is 42.3. The molecule has 2 aromatic heterocycles. The minimum absolute atomic E-state index is 0.189. The summed E-state index contributed by atoms with van der Waals surface area (Å²) in [5.74, 6) is -0.553. The quantitative estimate of drug-likeness (QED) is 0.427. The van der Waals surface area contributed by atoms with Crippen LogP contribution >= 0.6 is 0 Å². The van der Waals surface area contributed by atoms with E-state index in [1.165, 1.54) is 43.6 Å². The van der Waals surface area contributed by atoms with Gasteiger partial charge in [0, 0.05) is 18.0 Å². The second-order valence-electron chi connectivity index (χ2n) is 7.68. The lowest BCUT2D eigenvalue weighted by atomic mass is 10.1. The average Bonchev–Trinajstić information content (AvgIpc) is 3.27. The van der Waals surface area contributed by atoms with E-state index in [1.54, 1.807) is 30.0 Å². The third kappa shape index (κ3) is 4.38. The Morgan fingerprint density at radius 2 is 1.91 bits per heavy atom. The highest BCUT2D eigenvalue weighted by atomic mass is 19.1. The zero-order chi connectivity index (χ0) is 24.4. The lowest BCUT2D eigenvalue weighted by molar-refractivity contribution is 0.102. The number of hydrogen-bond acceptors (Lipinski definition) is 5. The van der Waals surface area contributed by atoms with Crippen LogP contribution in [0.25, 0.3) is 5.69 Å². The van der Waals surface area contributed by atoms with Gasteiger partial charge in [-0.1, -0.05) is 12.1 Å². The summed E-state index contributed by atoms with van der Waals surface area (Å²) in [6, 6.07) is 9.87. The lowest BCUT2D eigenvalue weighted by Crippen LogP contribution is -2.39. The molecule has 2 heterocycles. The summed E-state index contributed by atoms with van der Waals surface area (Å²) < 4.78 is 21.5. The Morgan fingerprint density at radius 1 is 1.18 bits per heavy atom. The first kappa shape index (κ1) is 22.7. The number of carbonyl (C=O) groups is 1. The average molecular weight is 463 g/mol. The minimum Gasteiger partial charge on any atom is -0.495 e. The second-order valence-corrected chi connectivity index (χ2v) is 7.68. The van der Waals surface area contributed by atoms with Crippen LogP contribution in [0.4, 0.5) is 10.1 Å². The van der Waals surface area contributed by atoms with Crippen molar-refractivity contribution >= 4 is 11.6 Å². The van der Waals surface area contributed by atoms with E-state index in [-0.39, 0.29) is 11.3 Å². The van der Waals surface area contributed by atoms with Gasteiger partial charge in [-0.25, -0.2) is 14.1 Å². The Balaban J connectivity index is 1.59. The minimum atomic E-state index is -0.876. The van der Waals surface area contributed by atoms with Gasteiger partial charge in [-0.3, -0.25) is 14.4 Å². The van der Waals surface area contributed by atoms with Crippen molar-refractivity contribution in [3.8, 4) is 11.4 Å². The van der Waals surface area contributed by atoms with Crippen molar-refractivity contribution in [1.29, 1.82) is 0 Å². The van der Waals surface area contributed by atoms with Gasteiger partial charge < -0.3 is 19.7 Å². The molecule has 0 aliphatic carbocycles. The van der Waals surface area contributed by atoms with Crippen LogP contribution in [0.2, 0.25) is 0 Å². The number of aryl methyl sites for hydroxylation is 1. The first-order chi connectivity index (χ1) is 16.3. The molecule has 1 atom stereocenters. The van der Waals surface area contributed by atoms with Gasteiger partial charge in [0.25, 0.3) is 11.3 Å². The fraction of sp³-hybridized carbons (Fsp3) is 0.167. The number of nitrogens with zero attached hydrogens (tertiary/aromatic N) is 3. The Hall–Kier alpha value is -4.47. The molecule has 0 spiro atoms. The highest BCUT2D eigenvalue weighted by molar-refractivity contribution is 6.04. The molecule has 1 unspecified atom stereocenters. The number of rotatable bonds is 6. The number of anilines is 1. The van der Waals surface area contributed by atoms with Gasteiger partial charge in [0.2, 0.25) is 0 Å². The maximum Gasteiger partial charge on any atom is 0.315 e. The van der Waals surface area contributed by atoms with Crippen LogP contribution in [0, 0.1) is 12.7 Å². The van der Waals surface area contributed by atoms with Gasteiger partial charge in [0.15, 0.2) is 0 Å². The monoisotopic (exact) mass is 463 g/mol. The SMILES string of the molecule is COc1cc(C(=O)Nc2c[nH]n(C(C)c3ccc(F)cc3)c(=O)c2=O)ccc1-n1cnc(C)c1. The fourth-order valence-electron chi connectivity index (χ4n) is 3.53. The molecule has 174 valence electrons. The number of hydrogen-bond donors (Lipinski definition) is 2. The standard InChI is InChI=1S/C24H22FN5O4/c1-14-12-29(13-26-14)20-9-6-17(10-21(20)34-3)23(32)28-19-11-27-30(24(33)22(19)31)15(2)16-4-7-18(25)8-5-16/h4-13,15,27H,1-3H3,(H,28,32). The number of aromatic nitrogens is 4. The van der Waals surface area contributed by atoms with Crippen molar-refractivity contribution in [3.05, 3.63) is 104 Å². The molecule has 2 aromatic carbocycles. The van der Waals surface area contributed by atoms with Gasteiger partial charge in [-0.15, -0.1) is 0 Å². The largest absolute Gasteiger partial charge is 0.495 e. The number of nitrogens with one attached hydrogen (secondary N) is 2. The Morgan fingerprint density at radius 3 is 2.56 bits per heavy atom. The van der Waals surface area contributed by atoms with E-state index in [1.807, 2.05) is 13.1 Å². The number of amides is 1. The Bertz CT molecular complexity index is 1470. The molecule has 4 rings (SSSR count). The summed E-state index contributed by atoms with van der Waals surface area (Å²) in [5, 5.41) is 5.21. The number of halogens is 1. The summed E-state index contributed by atoms with van der Waals surface area (Å²) in [7, 11) is 1.48. The lowest BCUT2D eigenvalue weighted by Gasteiger charge is -2.16. The van der Waals surface area contributed by atoms with E-state index < -0.39 is 28.8 Å². The molecule has 0 aliphatic heterocycles. The summed E-state index contributed by atoms with van der Waals surface area (Å²) in [6.45, 7) is 3.55. The summed E-state index contributed by atoms with van der Waals surface area (Å²) in [5.41, 5.74) is 0.473. The highest BCUT2D eigenvalue weighted by Gasteiger charge is 2.17. The molecule has 0 fully saturated rings. The van der Waals surface area contributed by atoms with E-state index in [4.69, 9.17) is 4.74 Å². The zero-order valence-corrected chi connectivity index (χ0v) is 18.7. The number of ether oxygens (including phenoxy) is 1. The molecule has 4 aromatic rings. The van der Waals surface area contributed by atoms with Crippen LogP contribution in [0.15, 0.2) is 70.8 Å². The van der Waals surface area contributed by atoms with Crippen molar-refractivity contribution in [1.82, 2.24) is 19.3 Å². The van der Waals surface area contributed by atoms with Crippen LogP contribution in [-0.2, 0) is 0 Å². The number of methoxy groups -OCH3 is 1. The molecule has 9 nitrogen and oxygen atoms in total. The first-order valence-electron chi connectivity index (χ1n) is 10.4. The topological polar surface area (TPSA) is 111 Å². The maximum atomic E-state index is 13.2. The van der Waals surface area contributed by atoms with Crippen LogP contribution < -0.4 is 21.0 Å². The first-order valence-corrected chi connectivity index (χ1v) is 10.4. The second kappa shape index (κ2) is 9.18. The molecule has 2 N–H and O–H groups in total. The van der Waals surface area contributed by atoms with Crippen molar-refractivity contribution in [2.75, 3.05) is 12.4 Å². The predicted molar refractivity (Wildman–Crippen MR) is 124 cm³/mol. The maximum absolute atomic E-state index is 13.2. The number of imidazole rings is 1. The van der Waals surface area contributed by atoms with Crippen molar-refractivity contribution < 1.29 is 13.9 Å². The van der Waals surface area contributed by atoms with Crippen LogP contribution in [0.3, 0.4) is 0 Å². The third-order valence-electron chi connectivity index (χ3n) is 5.43. The van der Waals surface area contributed by atoms with Crippen LogP contribution in [-0.4, -0.2) is 32.3 Å². The highest BCUT2D eigenvalue weighted by Crippen LogP contribution is 2.25. The molecule has 0 saturated heterocycles. The number of aromatic amines is 1. The third-order valence-corrected chi connectivity index (χ3v) is 5.43. The molecular weight excluding hydrogens is 441 g/mol. The van der Waals surface area contributed by atoms with Gasteiger partial charge >= 0.3 is 5.56 Å². The molecule has 0 radical (unpaired) electrons. The van der Waals surface area contributed by atoms with Crippen LogP contribution in [0.5, 0.6) is 5.75 Å². The predicted octanol–water partition coefficient (Wildman–Crippen LogP) is 3.04. The van der Waals surface area contributed by atoms with Gasteiger partial charge in [0.05, 0.1) is 30.9 Å². The van der Waals surface area contributed by atoms with E-state index in [2.05, 4.69) is 15.4 Å². The van der Waals surface area contributed by atoms with E-state index in [9.17, 15) is 18.8 Å². The van der Waals surface area contributed by atoms with E-state index in [0.717, 1.165) is 10.4 Å². The van der Waals surface area contributed by atoms with Crippen molar-refractivity contribution in [3.63, 3.8) is 0 Å². The molecule has 10 heteroatoms. The van der Waals surface area contributed by atoms with Gasteiger partial charge in [-0.05, 0) is 49.7 Å². The van der Waals surface area contributed by atoms with Crippen molar-refractivity contribution in [2.24, 2.45) is 0 Å². The molecule has 34 heavy (non-hydrogen) atoms. The number of carbonyl (C=O) groups excluding carboxylic acids is 1. The normalized spacial score (nSPS) is 11.8. The molecule has 0 bridgehead atoms. The van der Waals surface area contributed by atoms with Crippen molar-refractivity contribution in [2.45, 2.75) is 19.9 Å². The number of benzene rings is 2. The Labute approximate surface area is 193 Å². The van der Waals surface area contributed by atoms with Gasteiger partial charge in [0.1, 0.15) is 17.3 Å². The molecule has 0 aliphatic rings.